The third kappa shape index (κ3) is 2.19. The van der Waals surface area contributed by atoms with Crippen molar-refractivity contribution < 1.29 is 9.90 Å². The molecule has 1 heterocycles. The molecule has 1 rings (SSSR count). The second kappa shape index (κ2) is 3.33. The molecule has 0 aliphatic rings. The molecule has 0 saturated heterocycles. The van der Waals surface area contributed by atoms with Crippen LogP contribution in [0.1, 0.15) is 0 Å². The van der Waals surface area contributed by atoms with Crippen LogP contribution in [0.25, 0.3) is 0 Å². The number of nitrogens with zero attached hydrogens (tertiary/aromatic N) is 4. The molecular formula is C4H6N4O2S. The van der Waals surface area contributed by atoms with Crippen molar-refractivity contribution in [2.75, 3.05) is 5.75 Å². The van der Waals surface area contributed by atoms with Gasteiger partial charge in [-0.2, -0.15) is 0 Å². The highest BCUT2D eigenvalue weighted by Gasteiger charge is 2.04. The van der Waals surface area contributed by atoms with Crippen LogP contribution < -0.4 is 0 Å². The molecule has 0 aliphatic carbocycles. The van der Waals surface area contributed by atoms with E-state index in [4.69, 9.17) is 5.11 Å². The summed E-state index contributed by atoms with van der Waals surface area (Å²) in [6, 6.07) is 0. The molecule has 1 aromatic rings. The van der Waals surface area contributed by atoms with Gasteiger partial charge in [0.2, 0.25) is 5.16 Å². The van der Waals surface area contributed by atoms with E-state index in [2.05, 4.69) is 15.5 Å². The Kier molecular flexibility index (Phi) is 2.42. The lowest BCUT2D eigenvalue weighted by Crippen LogP contribution is -2.00. The first-order chi connectivity index (χ1) is 5.20. The summed E-state index contributed by atoms with van der Waals surface area (Å²) in [6.07, 6.45) is 0. The Balaban J connectivity index is 2.51. The van der Waals surface area contributed by atoms with Crippen LogP contribution in [0, 0.1) is 0 Å². The number of thioether (sulfide) groups is 1. The van der Waals surface area contributed by atoms with Gasteiger partial charge >= 0.3 is 5.97 Å². The van der Waals surface area contributed by atoms with Crippen molar-refractivity contribution in [2.24, 2.45) is 7.05 Å². The van der Waals surface area contributed by atoms with Gasteiger partial charge in [0, 0.05) is 7.05 Å². The lowest BCUT2D eigenvalue weighted by molar-refractivity contribution is -0.133. The molecule has 0 fully saturated rings. The van der Waals surface area contributed by atoms with Crippen molar-refractivity contribution >= 4 is 17.7 Å². The van der Waals surface area contributed by atoms with Gasteiger partial charge in [-0.1, -0.05) is 11.8 Å². The summed E-state index contributed by atoms with van der Waals surface area (Å²) in [5.74, 6) is -0.896. The Morgan fingerprint density at radius 1 is 1.82 bits per heavy atom. The molecule has 6 nitrogen and oxygen atoms in total. The molecule has 0 amide bonds. The van der Waals surface area contributed by atoms with Crippen molar-refractivity contribution in [1.29, 1.82) is 0 Å². The van der Waals surface area contributed by atoms with Gasteiger partial charge in [-0.25, -0.2) is 4.68 Å². The van der Waals surface area contributed by atoms with Crippen LogP contribution in [0.15, 0.2) is 5.16 Å². The van der Waals surface area contributed by atoms with Crippen molar-refractivity contribution in [3.8, 4) is 0 Å². The Bertz CT molecular complexity index is 260. The fourth-order valence-electron chi connectivity index (χ4n) is 0.470. The number of aromatic nitrogens is 4. The van der Waals surface area contributed by atoms with E-state index in [0.717, 1.165) is 11.8 Å². The van der Waals surface area contributed by atoms with E-state index in [9.17, 15) is 4.79 Å². The summed E-state index contributed by atoms with van der Waals surface area (Å²) in [7, 11) is 1.66. The van der Waals surface area contributed by atoms with Crippen LogP contribution in [0.4, 0.5) is 0 Å². The van der Waals surface area contributed by atoms with E-state index in [1.165, 1.54) is 4.68 Å². The maximum Gasteiger partial charge on any atom is 0.313 e. The van der Waals surface area contributed by atoms with Crippen LogP contribution in [0.5, 0.6) is 0 Å². The molecule has 0 bridgehead atoms. The third-order valence-corrected chi connectivity index (χ3v) is 1.90. The van der Waals surface area contributed by atoms with Crippen molar-refractivity contribution in [1.82, 2.24) is 20.2 Å². The number of aliphatic carboxylic acids is 1. The van der Waals surface area contributed by atoms with Gasteiger partial charge < -0.3 is 5.11 Å². The van der Waals surface area contributed by atoms with Gasteiger partial charge in [0.25, 0.3) is 0 Å². The molecule has 1 aromatic heterocycles. The molecule has 0 saturated carbocycles. The first-order valence-corrected chi connectivity index (χ1v) is 3.75. The predicted octanol–water partition coefficient (Wildman–Crippen LogP) is -0.613. The normalized spacial score (nSPS) is 9.91. The topological polar surface area (TPSA) is 80.9 Å². The van der Waals surface area contributed by atoms with Crippen LogP contribution in [0.3, 0.4) is 0 Å². The fourth-order valence-corrected chi connectivity index (χ4v) is 1.04. The second-order valence-electron chi connectivity index (χ2n) is 1.77. The highest BCUT2D eigenvalue weighted by atomic mass is 32.2. The molecule has 11 heavy (non-hydrogen) atoms. The number of carboxylic acids is 1. The van der Waals surface area contributed by atoms with E-state index in [-0.39, 0.29) is 5.75 Å². The molecule has 0 atom stereocenters. The molecule has 0 aromatic carbocycles. The molecule has 0 unspecified atom stereocenters. The SMILES string of the molecule is Cn1nnnc1SCC(=O)O. The minimum Gasteiger partial charge on any atom is -0.481 e. The summed E-state index contributed by atoms with van der Waals surface area (Å²) >= 11 is 1.09. The summed E-state index contributed by atoms with van der Waals surface area (Å²) in [4.78, 5) is 10.1. The van der Waals surface area contributed by atoms with Crippen LogP contribution in [0.2, 0.25) is 0 Å². The maximum absolute atomic E-state index is 10.1. The van der Waals surface area contributed by atoms with Crippen LogP contribution in [-0.2, 0) is 11.8 Å². The number of hydrogen-bond acceptors (Lipinski definition) is 5. The Morgan fingerprint density at radius 3 is 3.00 bits per heavy atom. The highest BCUT2D eigenvalue weighted by molar-refractivity contribution is 7.99. The quantitative estimate of drug-likeness (QED) is 0.615. The first-order valence-electron chi connectivity index (χ1n) is 2.77. The summed E-state index contributed by atoms with van der Waals surface area (Å²) in [5.41, 5.74) is 0. The molecule has 0 aliphatic heterocycles. The van der Waals surface area contributed by atoms with Gasteiger partial charge in [0.1, 0.15) is 0 Å². The molecule has 1 N–H and O–H groups in total. The smallest absolute Gasteiger partial charge is 0.313 e. The first kappa shape index (κ1) is 7.99. The number of rotatable bonds is 3. The van der Waals surface area contributed by atoms with Gasteiger partial charge in [-0.05, 0) is 10.4 Å². The standard InChI is InChI=1S/C4H6N4O2S/c1-8-4(5-6-7-8)11-2-3(9)10/h2H2,1H3,(H,9,10). The minimum absolute atomic E-state index is 0.0196. The summed E-state index contributed by atoms with van der Waals surface area (Å²) < 4.78 is 1.42. The van der Waals surface area contributed by atoms with Gasteiger partial charge in [0.05, 0.1) is 5.75 Å². The number of hydrogen-bond donors (Lipinski definition) is 1. The molecule has 0 spiro atoms. The zero-order valence-corrected chi connectivity index (χ0v) is 6.58. The monoisotopic (exact) mass is 174 g/mol. The Morgan fingerprint density at radius 2 is 2.55 bits per heavy atom. The zero-order valence-electron chi connectivity index (χ0n) is 5.76. The van der Waals surface area contributed by atoms with Crippen molar-refractivity contribution in [3.05, 3.63) is 0 Å². The number of carboxylic acid groups (broad SMARTS) is 1. The van der Waals surface area contributed by atoms with E-state index in [1.807, 2.05) is 0 Å². The number of tetrazole rings is 1. The fraction of sp³-hybridized carbons (Fsp3) is 0.500. The molecule has 7 heteroatoms. The summed E-state index contributed by atoms with van der Waals surface area (Å²) in [5, 5.41) is 19.3. The lowest BCUT2D eigenvalue weighted by Gasteiger charge is -1.92. The van der Waals surface area contributed by atoms with E-state index < -0.39 is 5.97 Å². The van der Waals surface area contributed by atoms with Gasteiger partial charge in [0.15, 0.2) is 0 Å². The zero-order chi connectivity index (χ0) is 8.27. The Labute approximate surface area is 66.6 Å². The molecule has 0 radical (unpaired) electrons. The van der Waals surface area contributed by atoms with Gasteiger partial charge in [-0.15, -0.1) is 5.10 Å². The third-order valence-electron chi connectivity index (χ3n) is 0.906. The van der Waals surface area contributed by atoms with Crippen molar-refractivity contribution in [2.45, 2.75) is 5.16 Å². The lowest BCUT2D eigenvalue weighted by atomic mass is 10.8. The van der Waals surface area contributed by atoms with E-state index >= 15 is 0 Å². The molecule has 60 valence electrons. The number of aryl methyl sites for hydroxylation is 1. The average molecular weight is 174 g/mol. The maximum atomic E-state index is 10.1. The largest absolute Gasteiger partial charge is 0.481 e. The highest BCUT2D eigenvalue weighted by Crippen LogP contribution is 2.10. The number of carbonyl (C=O) groups is 1. The molecular weight excluding hydrogens is 168 g/mol. The average Bonchev–Trinajstić information content (AvgIpc) is 2.31. The predicted molar refractivity (Wildman–Crippen MR) is 37.2 cm³/mol. The minimum atomic E-state index is -0.877. The van der Waals surface area contributed by atoms with Gasteiger partial charge in [-0.3, -0.25) is 4.79 Å². The van der Waals surface area contributed by atoms with E-state index in [0.29, 0.717) is 5.16 Å². The summed E-state index contributed by atoms with van der Waals surface area (Å²) in [6.45, 7) is 0. The Hall–Kier alpha value is -1.11. The van der Waals surface area contributed by atoms with Crippen LogP contribution >= 0.6 is 11.8 Å². The van der Waals surface area contributed by atoms with Crippen molar-refractivity contribution in [3.63, 3.8) is 0 Å². The van der Waals surface area contributed by atoms with Crippen LogP contribution in [-0.4, -0.2) is 37.0 Å². The van der Waals surface area contributed by atoms with E-state index in [1.54, 1.807) is 7.05 Å². The second-order valence-corrected chi connectivity index (χ2v) is 2.71.